The molecular formula is C30H30BrN3O6S. The fourth-order valence-electron chi connectivity index (χ4n) is 5.30. The Balaban J connectivity index is 1.85. The molecule has 5 rings (SSSR count). The van der Waals surface area contributed by atoms with Gasteiger partial charge in [-0.25, -0.2) is 9.79 Å². The number of esters is 1. The Labute approximate surface area is 249 Å². The Kier molecular flexibility index (Phi) is 7.93. The SMILES string of the molecule is CCOC(=O)C1=C(C)N=c2s/c(=C3/C(=O)N(C(C)C)c4ccccc43)c(=O)n2[C@@H]1c1cc(OCC)c(OC)cc1Br. The van der Waals surface area contributed by atoms with Crippen LogP contribution in [0.25, 0.3) is 5.57 Å². The van der Waals surface area contributed by atoms with Gasteiger partial charge in [0.05, 0.1) is 48.9 Å². The van der Waals surface area contributed by atoms with Gasteiger partial charge in [0.1, 0.15) is 4.53 Å². The van der Waals surface area contributed by atoms with E-state index in [2.05, 4.69) is 20.9 Å². The number of rotatable bonds is 7. The molecule has 11 heteroatoms. The van der Waals surface area contributed by atoms with Crippen molar-refractivity contribution in [3.05, 3.63) is 83.0 Å². The fourth-order valence-corrected chi connectivity index (χ4v) is 6.97. The van der Waals surface area contributed by atoms with Crippen molar-refractivity contribution >= 4 is 50.4 Å². The van der Waals surface area contributed by atoms with E-state index in [0.29, 0.717) is 49.8 Å². The Morgan fingerprint density at radius 2 is 1.85 bits per heavy atom. The number of methoxy groups -OCH3 is 1. The molecule has 0 radical (unpaired) electrons. The number of benzene rings is 2. The van der Waals surface area contributed by atoms with Gasteiger partial charge < -0.3 is 19.1 Å². The number of anilines is 1. The van der Waals surface area contributed by atoms with E-state index in [9.17, 15) is 14.4 Å². The first kappa shape index (κ1) is 28.8. The van der Waals surface area contributed by atoms with Crippen LogP contribution in [0.1, 0.15) is 51.8 Å². The minimum atomic E-state index is -0.896. The number of hydrogen-bond donors (Lipinski definition) is 0. The second kappa shape index (κ2) is 11.3. The van der Waals surface area contributed by atoms with Crippen LogP contribution < -0.4 is 29.3 Å². The first-order valence-corrected chi connectivity index (χ1v) is 14.9. The normalized spacial score (nSPS) is 17.4. The molecule has 1 amide bonds. The molecule has 0 saturated carbocycles. The third kappa shape index (κ3) is 4.70. The molecule has 0 bridgehead atoms. The summed E-state index contributed by atoms with van der Waals surface area (Å²) in [5.41, 5.74) is 2.61. The Morgan fingerprint density at radius 3 is 2.51 bits per heavy atom. The summed E-state index contributed by atoms with van der Waals surface area (Å²) in [6.45, 7) is 9.71. The molecule has 0 N–H and O–H groups in total. The summed E-state index contributed by atoms with van der Waals surface area (Å²) >= 11 is 4.77. The van der Waals surface area contributed by atoms with Crippen LogP contribution in [0.2, 0.25) is 0 Å². The van der Waals surface area contributed by atoms with Crippen LogP contribution in [0, 0.1) is 0 Å². The van der Waals surface area contributed by atoms with Crippen LogP contribution in [0.4, 0.5) is 5.69 Å². The molecule has 0 aliphatic carbocycles. The molecule has 3 aromatic rings. The summed E-state index contributed by atoms with van der Waals surface area (Å²) in [6.07, 6.45) is 0. The van der Waals surface area contributed by atoms with E-state index in [1.165, 1.54) is 4.57 Å². The molecule has 2 aliphatic heterocycles. The number of carbonyl (C=O) groups excluding carboxylic acids is 2. The summed E-state index contributed by atoms with van der Waals surface area (Å²) in [6, 6.07) is 9.95. The van der Waals surface area contributed by atoms with Crippen molar-refractivity contribution in [1.82, 2.24) is 4.57 Å². The van der Waals surface area contributed by atoms with Gasteiger partial charge in [-0.05, 0) is 58.4 Å². The molecule has 0 unspecified atom stereocenters. The number of nitrogens with zero attached hydrogens (tertiary/aromatic N) is 3. The number of allylic oxidation sites excluding steroid dienone is 1. The third-order valence-electron chi connectivity index (χ3n) is 6.98. The molecule has 0 saturated heterocycles. The summed E-state index contributed by atoms with van der Waals surface area (Å²) in [7, 11) is 1.54. The van der Waals surface area contributed by atoms with E-state index in [-0.39, 0.29) is 28.7 Å². The monoisotopic (exact) mass is 639 g/mol. The first-order valence-electron chi connectivity index (χ1n) is 13.3. The van der Waals surface area contributed by atoms with Crippen LogP contribution in [0.5, 0.6) is 11.5 Å². The average Bonchev–Trinajstić information content (AvgIpc) is 3.41. The topological polar surface area (TPSA) is 99.4 Å². The fraction of sp³-hybridized carbons (Fsp3) is 0.333. The lowest BCUT2D eigenvalue weighted by Crippen LogP contribution is -2.41. The van der Waals surface area contributed by atoms with Crippen molar-refractivity contribution in [1.29, 1.82) is 0 Å². The van der Waals surface area contributed by atoms with Crippen LogP contribution in [-0.2, 0) is 14.3 Å². The molecule has 9 nitrogen and oxygen atoms in total. The lowest BCUT2D eigenvalue weighted by atomic mass is 9.95. The van der Waals surface area contributed by atoms with Crippen LogP contribution in [0.15, 0.2) is 61.9 Å². The van der Waals surface area contributed by atoms with Crippen molar-refractivity contribution < 1.29 is 23.8 Å². The standard InChI is InChI=1S/C30H30BrN3O6S/c1-7-39-22-13-18(19(31)14-21(22)38-6)25-23(29(37)40-8-2)16(5)32-30-34(25)28(36)26(41-30)24-17-11-9-10-12-20(17)33(15(3)4)27(24)35/h9-15,25H,7-8H2,1-6H3/b26-24+/t25-/m1/s1. The molecule has 1 atom stereocenters. The highest BCUT2D eigenvalue weighted by molar-refractivity contribution is 9.10. The van der Waals surface area contributed by atoms with Gasteiger partial charge in [0.2, 0.25) is 0 Å². The third-order valence-corrected chi connectivity index (χ3v) is 8.72. The summed E-state index contributed by atoms with van der Waals surface area (Å²) < 4.78 is 19.1. The average molecular weight is 641 g/mol. The van der Waals surface area contributed by atoms with Gasteiger partial charge in [0, 0.05) is 16.1 Å². The number of para-hydroxylation sites is 1. The summed E-state index contributed by atoms with van der Waals surface area (Å²) in [5.74, 6) is 0.139. The summed E-state index contributed by atoms with van der Waals surface area (Å²) in [4.78, 5) is 48.3. The number of amides is 1. The second-order valence-corrected chi connectivity index (χ2v) is 11.6. The zero-order valence-corrected chi connectivity index (χ0v) is 26.0. The zero-order chi connectivity index (χ0) is 29.6. The van der Waals surface area contributed by atoms with Crippen molar-refractivity contribution in [2.24, 2.45) is 4.99 Å². The highest BCUT2D eigenvalue weighted by atomic mass is 79.9. The molecule has 0 spiro atoms. The molecule has 41 heavy (non-hydrogen) atoms. The van der Waals surface area contributed by atoms with Crippen LogP contribution in [-0.4, -0.2) is 42.8 Å². The number of hydrogen-bond acceptors (Lipinski definition) is 8. The minimum Gasteiger partial charge on any atom is -0.493 e. The smallest absolute Gasteiger partial charge is 0.338 e. The van der Waals surface area contributed by atoms with Crippen molar-refractivity contribution in [3.8, 4) is 11.5 Å². The lowest BCUT2D eigenvalue weighted by molar-refractivity contribution is -0.139. The van der Waals surface area contributed by atoms with E-state index >= 15 is 0 Å². The predicted molar refractivity (Wildman–Crippen MR) is 160 cm³/mol. The van der Waals surface area contributed by atoms with E-state index < -0.39 is 17.6 Å². The number of thiazole rings is 1. The second-order valence-electron chi connectivity index (χ2n) is 9.74. The molecule has 214 valence electrons. The van der Waals surface area contributed by atoms with Gasteiger partial charge in [0.25, 0.3) is 11.5 Å². The van der Waals surface area contributed by atoms with Gasteiger partial charge in [-0.3, -0.25) is 14.2 Å². The van der Waals surface area contributed by atoms with Gasteiger partial charge in [-0.1, -0.05) is 45.5 Å². The lowest BCUT2D eigenvalue weighted by Gasteiger charge is -2.26. The molecule has 1 aromatic heterocycles. The van der Waals surface area contributed by atoms with Crippen LogP contribution >= 0.6 is 27.3 Å². The maximum Gasteiger partial charge on any atom is 0.338 e. The van der Waals surface area contributed by atoms with E-state index in [1.807, 2.05) is 45.0 Å². The molecule has 2 aromatic carbocycles. The van der Waals surface area contributed by atoms with E-state index in [1.54, 1.807) is 38.0 Å². The molecule has 2 aliphatic rings. The van der Waals surface area contributed by atoms with E-state index in [4.69, 9.17) is 14.2 Å². The Morgan fingerprint density at radius 1 is 1.12 bits per heavy atom. The number of ether oxygens (including phenoxy) is 3. The van der Waals surface area contributed by atoms with Gasteiger partial charge >= 0.3 is 5.97 Å². The van der Waals surface area contributed by atoms with Crippen LogP contribution in [0.3, 0.4) is 0 Å². The highest BCUT2D eigenvalue weighted by Crippen LogP contribution is 2.41. The van der Waals surface area contributed by atoms with Crippen molar-refractivity contribution in [2.45, 2.75) is 46.7 Å². The Hall–Kier alpha value is -3.70. The molecular weight excluding hydrogens is 610 g/mol. The quantitative estimate of drug-likeness (QED) is 0.361. The highest BCUT2D eigenvalue weighted by Gasteiger charge is 2.39. The maximum atomic E-state index is 14.4. The van der Waals surface area contributed by atoms with Crippen molar-refractivity contribution in [2.75, 3.05) is 25.2 Å². The summed E-state index contributed by atoms with van der Waals surface area (Å²) in [5, 5.41) is 0. The minimum absolute atomic E-state index is 0.109. The van der Waals surface area contributed by atoms with Gasteiger partial charge in [-0.15, -0.1) is 0 Å². The Bertz CT molecular complexity index is 1790. The van der Waals surface area contributed by atoms with Crippen molar-refractivity contribution in [3.63, 3.8) is 0 Å². The molecule has 3 heterocycles. The number of halogens is 1. The van der Waals surface area contributed by atoms with Gasteiger partial charge in [-0.2, -0.15) is 0 Å². The van der Waals surface area contributed by atoms with E-state index in [0.717, 1.165) is 17.0 Å². The number of carbonyl (C=O) groups is 2. The predicted octanol–water partition coefficient (Wildman–Crippen LogP) is 4.09. The largest absolute Gasteiger partial charge is 0.493 e. The maximum absolute atomic E-state index is 14.4. The zero-order valence-electron chi connectivity index (χ0n) is 23.6. The first-order chi connectivity index (χ1) is 19.6. The number of aromatic nitrogens is 1. The van der Waals surface area contributed by atoms with Gasteiger partial charge in [0.15, 0.2) is 16.3 Å². The molecule has 0 fully saturated rings. The number of fused-ring (bicyclic) bond motifs is 2.